The zero-order valence-electron chi connectivity index (χ0n) is 10.5. The molecule has 1 N–H and O–H groups in total. The molecule has 1 aromatic rings. The van der Waals surface area contributed by atoms with E-state index in [9.17, 15) is 4.39 Å². The predicted molar refractivity (Wildman–Crippen MR) is 73.6 cm³/mol. The van der Waals surface area contributed by atoms with Crippen LogP contribution in [0.2, 0.25) is 0 Å². The van der Waals surface area contributed by atoms with Gasteiger partial charge in [-0.1, -0.05) is 0 Å². The maximum absolute atomic E-state index is 13.2. The Balaban J connectivity index is 2.05. The van der Waals surface area contributed by atoms with E-state index in [1.54, 1.807) is 19.2 Å². The molecule has 0 aliphatic rings. The Hall–Kier alpha value is -0.650. The Morgan fingerprint density at radius 2 is 2.06 bits per heavy atom. The highest BCUT2D eigenvalue weighted by molar-refractivity contribution is 9.10. The molecule has 0 aliphatic heterocycles. The van der Waals surface area contributed by atoms with Crippen molar-refractivity contribution in [1.82, 2.24) is 5.32 Å². The van der Waals surface area contributed by atoms with E-state index in [4.69, 9.17) is 9.47 Å². The van der Waals surface area contributed by atoms with E-state index in [1.807, 2.05) is 0 Å². The van der Waals surface area contributed by atoms with Crippen LogP contribution in [0.25, 0.3) is 0 Å². The van der Waals surface area contributed by atoms with E-state index < -0.39 is 0 Å². The van der Waals surface area contributed by atoms with Gasteiger partial charge in [-0.25, -0.2) is 4.39 Å². The van der Waals surface area contributed by atoms with E-state index in [-0.39, 0.29) is 5.82 Å². The lowest BCUT2D eigenvalue weighted by Crippen LogP contribution is -2.20. The fraction of sp³-hybridized carbons (Fsp3) is 0.538. The Morgan fingerprint density at radius 1 is 1.22 bits per heavy atom. The fourth-order valence-corrected chi connectivity index (χ4v) is 1.65. The predicted octanol–water partition coefficient (Wildman–Crippen LogP) is 2.98. The second kappa shape index (κ2) is 9.30. The molecule has 0 spiro atoms. The standard InChI is InChI=1S/C13H19BrFNO2/c1-17-9-7-16-6-2-3-8-18-11-4-5-12(14)13(15)10-11/h4-5,10,16H,2-3,6-9H2,1H3. The lowest BCUT2D eigenvalue weighted by atomic mass is 10.3. The van der Waals surface area contributed by atoms with Gasteiger partial charge in [0.1, 0.15) is 11.6 Å². The summed E-state index contributed by atoms with van der Waals surface area (Å²) in [5.41, 5.74) is 0. The van der Waals surface area contributed by atoms with Gasteiger partial charge in [-0.3, -0.25) is 0 Å². The van der Waals surface area contributed by atoms with Crippen molar-refractivity contribution in [1.29, 1.82) is 0 Å². The van der Waals surface area contributed by atoms with Gasteiger partial charge in [-0.2, -0.15) is 0 Å². The van der Waals surface area contributed by atoms with Gasteiger partial charge in [0.25, 0.3) is 0 Å². The molecular formula is C13H19BrFNO2. The van der Waals surface area contributed by atoms with Crippen molar-refractivity contribution in [2.45, 2.75) is 12.8 Å². The van der Waals surface area contributed by atoms with Crippen LogP contribution < -0.4 is 10.1 Å². The van der Waals surface area contributed by atoms with Gasteiger partial charge in [0.05, 0.1) is 17.7 Å². The molecule has 0 heterocycles. The average molecular weight is 320 g/mol. The van der Waals surface area contributed by atoms with Crippen molar-refractivity contribution < 1.29 is 13.9 Å². The first-order valence-corrected chi connectivity index (χ1v) is 6.81. The van der Waals surface area contributed by atoms with Crippen molar-refractivity contribution in [2.75, 3.05) is 33.4 Å². The molecule has 0 bridgehead atoms. The lowest BCUT2D eigenvalue weighted by Gasteiger charge is -2.07. The van der Waals surface area contributed by atoms with Gasteiger partial charge in [0.15, 0.2) is 0 Å². The Kier molecular flexibility index (Phi) is 7.96. The van der Waals surface area contributed by atoms with Crippen molar-refractivity contribution in [3.05, 3.63) is 28.5 Å². The van der Waals surface area contributed by atoms with Crippen LogP contribution in [-0.4, -0.2) is 33.4 Å². The highest BCUT2D eigenvalue weighted by atomic mass is 79.9. The third-order valence-corrected chi connectivity index (χ3v) is 3.03. The second-order valence-electron chi connectivity index (χ2n) is 3.87. The zero-order chi connectivity index (χ0) is 13.2. The molecule has 0 fully saturated rings. The Morgan fingerprint density at radius 3 is 2.78 bits per heavy atom. The van der Waals surface area contributed by atoms with Crippen molar-refractivity contribution in [2.24, 2.45) is 0 Å². The van der Waals surface area contributed by atoms with Crippen LogP contribution in [0.1, 0.15) is 12.8 Å². The SMILES string of the molecule is COCCNCCCCOc1ccc(Br)c(F)c1. The quantitative estimate of drug-likeness (QED) is 0.710. The molecular weight excluding hydrogens is 301 g/mol. The van der Waals surface area contributed by atoms with Crippen LogP contribution in [0.15, 0.2) is 22.7 Å². The smallest absolute Gasteiger partial charge is 0.141 e. The molecule has 3 nitrogen and oxygen atoms in total. The second-order valence-corrected chi connectivity index (χ2v) is 4.73. The number of hydrogen-bond acceptors (Lipinski definition) is 3. The van der Waals surface area contributed by atoms with E-state index in [1.165, 1.54) is 6.07 Å². The largest absolute Gasteiger partial charge is 0.493 e. The average Bonchev–Trinajstić information content (AvgIpc) is 2.37. The first-order valence-electron chi connectivity index (χ1n) is 6.01. The Labute approximate surface area is 116 Å². The number of rotatable bonds is 9. The van der Waals surface area contributed by atoms with Gasteiger partial charge in [-0.15, -0.1) is 0 Å². The molecule has 0 unspecified atom stereocenters. The maximum Gasteiger partial charge on any atom is 0.141 e. The molecule has 0 saturated carbocycles. The molecule has 1 aromatic carbocycles. The molecule has 0 saturated heterocycles. The summed E-state index contributed by atoms with van der Waals surface area (Å²) in [6.07, 6.45) is 1.97. The Bertz CT molecular complexity index is 350. The van der Waals surface area contributed by atoms with Crippen LogP contribution in [-0.2, 0) is 4.74 Å². The van der Waals surface area contributed by atoms with Crippen LogP contribution in [0.3, 0.4) is 0 Å². The molecule has 0 radical (unpaired) electrons. The maximum atomic E-state index is 13.2. The number of ether oxygens (including phenoxy) is 2. The number of unbranched alkanes of at least 4 members (excludes halogenated alkanes) is 1. The number of methoxy groups -OCH3 is 1. The van der Waals surface area contributed by atoms with Gasteiger partial charge in [0.2, 0.25) is 0 Å². The first-order chi connectivity index (χ1) is 8.74. The minimum atomic E-state index is -0.297. The normalized spacial score (nSPS) is 10.6. The molecule has 0 amide bonds. The topological polar surface area (TPSA) is 30.5 Å². The monoisotopic (exact) mass is 319 g/mol. The van der Waals surface area contributed by atoms with Crippen molar-refractivity contribution in [3.63, 3.8) is 0 Å². The molecule has 0 aliphatic carbocycles. The van der Waals surface area contributed by atoms with Crippen molar-refractivity contribution in [3.8, 4) is 5.75 Å². The molecule has 18 heavy (non-hydrogen) atoms. The summed E-state index contributed by atoms with van der Waals surface area (Å²) < 4.78 is 24.0. The summed E-state index contributed by atoms with van der Waals surface area (Å²) in [6.45, 7) is 3.15. The summed E-state index contributed by atoms with van der Waals surface area (Å²) >= 11 is 3.10. The molecule has 102 valence electrons. The number of nitrogens with one attached hydrogen (secondary N) is 1. The van der Waals surface area contributed by atoms with Gasteiger partial charge < -0.3 is 14.8 Å². The highest BCUT2D eigenvalue weighted by Crippen LogP contribution is 2.20. The number of benzene rings is 1. The summed E-state index contributed by atoms with van der Waals surface area (Å²) in [7, 11) is 1.69. The van der Waals surface area contributed by atoms with Crippen molar-refractivity contribution >= 4 is 15.9 Å². The third kappa shape index (κ3) is 6.33. The van der Waals surface area contributed by atoms with Crippen LogP contribution in [0, 0.1) is 5.82 Å². The summed E-state index contributed by atoms with van der Waals surface area (Å²) in [5.74, 6) is 0.275. The third-order valence-electron chi connectivity index (χ3n) is 2.39. The van der Waals surface area contributed by atoms with Gasteiger partial charge in [-0.05, 0) is 47.4 Å². The van der Waals surface area contributed by atoms with E-state index in [0.717, 1.165) is 32.5 Å². The first kappa shape index (κ1) is 15.4. The van der Waals surface area contributed by atoms with Crippen LogP contribution >= 0.6 is 15.9 Å². The van der Waals surface area contributed by atoms with Crippen LogP contribution in [0.4, 0.5) is 4.39 Å². The van der Waals surface area contributed by atoms with Gasteiger partial charge >= 0.3 is 0 Å². The molecule has 1 rings (SSSR count). The summed E-state index contributed by atoms with van der Waals surface area (Å²) in [6, 6.07) is 4.79. The minimum Gasteiger partial charge on any atom is -0.493 e. The summed E-state index contributed by atoms with van der Waals surface area (Å²) in [4.78, 5) is 0. The van der Waals surface area contributed by atoms with Gasteiger partial charge in [0, 0.05) is 19.7 Å². The molecule has 5 heteroatoms. The number of hydrogen-bond donors (Lipinski definition) is 1. The number of halogens is 2. The lowest BCUT2D eigenvalue weighted by molar-refractivity contribution is 0.199. The minimum absolute atomic E-state index is 0.297. The van der Waals surface area contributed by atoms with E-state index >= 15 is 0 Å². The highest BCUT2D eigenvalue weighted by Gasteiger charge is 2.01. The molecule has 0 atom stereocenters. The molecule has 0 aromatic heterocycles. The van der Waals surface area contributed by atoms with Crippen LogP contribution in [0.5, 0.6) is 5.75 Å². The fourth-order valence-electron chi connectivity index (χ4n) is 1.41. The van der Waals surface area contributed by atoms with E-state index in [2.05, 4.69) is 21.2 Å². The van der Waals surface area contributed by atoms with E-state index in [0.29, 0.717) is 16.8 Å². The summed E-state index contributed by atoms with van der Waals surface area (Å²) in [5, 5.41) is 3.25. The zero-order valence-corrected chi connectivity index (χ0v) is 12.1.